The average molecular weight is 270 g/mol. The van der Waals surface area contributed by atoms with Crippen LogP contribution in [0.2, 0.25) is 0 Å². The quantitative estimate of drug-likeness (QED) is 0.867. The molecule has 1 heterocycles. The molecule has 0 fully saturated rings. The number of unbranched alkanes of at least 4 members (excludes halogenated alkanes) is 1. The minimum atomic E-state index is 0.882. The van der Waals surface area contributed by atoms with Gasteiger partial charge in [-0.1, -0.05) is 31.5 Å². The minimum absolute atomic E-state index is 0.882. The van der Waals surface area contributed by atoms with E-state index >= 15 is 0 Å². The standard InChI is InChI=1S/C16H22N4/c1-4-5-11-20(14-9-7-6-8-10-14)16-13(2)15(17-3)18-12-19-16/h6-10,12H,4-5,11H2,1-3H3,(H,17,18,19). The van der Waals surface area contributed by atoms with Crippen molar-refractivity contribution in [2.75, 3.05) is 23.8 Å². The first kappa shape index (κ1) is 14.3. The Bertz CT molecular complexity index is 539. The lowest BCUT2D eigenvalue weighted by Crippen LogP contribution is -2.21. The second kappa shape index (κ2) is 6.89. The molecule has 0 amide bonds. The number of benzene rings is 1. The fourth-order valence-corrected chi connectivity index (χ4v) is 2.25. The maximum absolute atomic E-state index is 4.49. The predicted octanol–water partition coefficient (Wildman–Crippen LogP) is 3.76. The van der Waals surface area contributed by atoms with E-state index in [-0.39, 0.29) is 0 Å². The van der Waals surface area contributed by atoms with Crippen LogP contribution in [0.25, 0.3) is 0 Å². The topological polar surface area (TPSA) is 41.1 Å². The van der Waals surface area contributed by atoms with Gasteiger partial charge >= 0.3 is 0 Å². The van der Waals surface area contributed by atoms with Crippen LogP contribution in [0.5, 0.6) is 0 Å². The van der Waals surface area contributed by atoms with E-state index < -0.39 is 0 Å². The number of nitrogens with zero attached hydrogens (tertiary/aromatic N) is 3. The molecule has 4 nitrogen and oxygen atoms in total. The Labute approximate surface area is 120 Å². The molecule has 0 saturated heterocycles. The molecule has 4 heteroatoms. The van der Waals surface area contributed by atoms with Crippen molar-refractivity contribution in [3.05, 3.63) is 42.2 Å². The Kier molecular flexibility index (Phi) is 4.93. The molecule has 0 atom stereocenters. The molecule has 0 aliphatic rings. The molecule has 0 unspecified atom stereocenters. The molecule has 0 aliphatic carbocycles. The Morgan fingerprint density at radius 1 is 1.15 bits per heavy atom. The van der Waals surface area contributed by atoms with Gasteiger partial charge in [-0.25, -0.2) is 9.97 Å². The van der Waals surface area contributed by atoms with Gasteiger partial charge in [0.1, 0.15) is 18.0 Å². The van der Waals surface area contributed by atoms with Gasteiger partial charge in [0, 0.05) is 24.8 Å². The van der Waals surface area contributed by atoms with Crippen molar-refractivity contribution in [2.45, 2.75) is 26.7 Å². The molecule has 0 radical (unpaired) electrons. The molecule has 0 bridgehead atoms. The molecule has 0 saturated carbocycles. The zero-order valence-electron chi connectivity index (χ0n) is 12.4. The Morgan fingerprint density at radius 2 is 1.90 bits per heavy atom. The fraction of sp³-hybridized carbons (Fsp3) is 0.375. The molecule has 0 spiro atoms. The van der Waals surface area contributed by atoms with Gasteiger partial charge < -0.3 is 10.2 Å². The van der Waals surface area contributed by atoms with Crippen LogP contribution in [0.3, 0.4) is 0 Å². The van der Waals surface area contributed by atoms with Gasteiger partial charge in [-0.15, -0.1) is 0 Å². The van der Waals surface area contributed by atoms with E-state index in [2.05, 4.69) is 58.3 Å². The van der Waals surface area contributed by atoms with E-state index in [9.17, 15) is 0 Å². The third-order valence-corrected chi connectivity index (χ3v) is 3.35. The first-order valence-corrected chi connectivity index (χ1v) is 7.09. The maximum Gasteiger partial charge on any atom is 0.141 e. The summed E-state index contributed by atoms with van der Waals surface area (Å²) in [6.45, 7) is 5.22. The summed E-state index contributed by atoms with van der Waals surface area (Å²) in [5, 5.41) is 3.12. The number of anilines is 3. The van der Waals surface area contributed by atoms with E-state index in [0.717, 1.165) is 36.6 Å². The van der Waals surface area contributed by atoms with Crippen LogP contribution in [-0.2, 0) is 0 Å². The SMILES string of the molecule is CCCCN(c1ccccc1)c1ncnc(NC)c1C. The molecule has 2 aromatic rings. The van der Waals surface area contributed by atoms with Crippen LogP contribution in [0, 0.1) is 6.92 Å². The summed E-state index contributed by atoms with van der Waals surface area (Å²) in [5.74, 6) is 1.86. The zero-order chi connectivity index (χ0) is 14.4. The van der Waals surface area contributed by atoms with Gasteiger partial charge in [0.15, 0.2) is 0 Å². The third kappa shape index (κ3) is 3.07. The number of aromatic nitrogens is 2. The first-order valence-electron chi connectivity index (χ1n) is 7.09. The third-order valence-electron chi connectivity index (χ3n) is 3.35. The van der Waals surface area contributed by atoms with Crippen LogP contribution in [-0.4, -0.2) is 23.6 Å². The van der Waals surface area contributed by atoms with Crippen LogP contribution in [0.4, 0.5) is 17.3 Å². The molecule has 1 aromatic carbocycles. The number of nitrogens with one attached hydrogen (secondary N) is 1. The van der Waals surface area contributed by atoms with E-state index in [1.54, 1.807) is 6.33 Å². The van der Waals surface area contributed by atoms with Gasteiger partial charge in [0.25, 0.3) is 0 Å². The van der Waals surface area contributed by atoms with E-state index in [1.807, 2.05) is 13.1 Å². The van der Waals surface area contributed by atoms with E-state index in [0.29, 0.717) is 0 Å². The Hall–Kier alpha value is -2.10. The average Bonchev–Trinajstić information content (AvgIpc) is 2.50. The highest BCUT2D eigenvalue weighted by molar-refractivity contribution is 5.66. The number of para-hydroxylation sites is 1. The molecular weight excluding hydrogens is 248 g/mol. The van der Waals surface area contributed by atoms with Crippen LogP contribution >= 0.6 is 0 Å². The predicted molar refractivity (Wildman–Crippen MR) is 84.7 cm³/mol. The lowest BCUT2D eigenvalue weighted by Gasteiger charge is -2.25. The van der Waals surface area contributed by atoms with Crippen molar-refractivity contribution in [3.8, 4) is 0 Å². The van der Waals surface area contributed by atoms with E-state index in [4.69, 9.17) is 0 Å². The van der Waals surface area contributed by atoms with Crippen molar-refractivity contribution in [2.24, 2.45) is 0 Å². The lowest BCUT2D eigenvalue weighted by molar-refractivity contribution is 0.776. The summed E-state index contributed by atoms with van der Waals surface area (Å²) in [6, 6.07) is 10.4. The highest BCUT2D eigenvalue weighted by atomic mass is 15.2. The molecule has 106 valence electrons. The largest absolute Gasteiger partial charge is 0.373 e. The number of rotatable bonds is 6. The van der Waals surface area contributed by atoms with Gasteiger partial charge in [0.2, 0.25) is 0 Å². The smallest absolute Gasteiger partial charge is 0.141 e. The van der Waals surface area contributed by atoms with Crippen molar-refractivity contribution >= 4 is 17.3 Å². The van der Waals surface area contributed by atoms with Crippen LogP contribution in [0.1, 0.15) is 25.3 Å². The highest BCUT2D eigenvalue weighted by Gasteiger charge is 2.15. The normalized spacial score (nSPS) is 10.3. The van der Waals surface area contributed by atoms with E-state index in [1.165, 1.54) is 5.69 Å². The Balaban J connectivity index is 2.41. The lowest BCUT2D eigenvalue weighted by atomic mass is 10.2. The maximum atomic E-state index is 4.49. The van der Waals surface area contributed by atoms with Crippen LogP contribution in [0.15, 0.2) is 36.7 Å². The number of hydrogen-bond acceptors (Lipinski definition) is 4. The molecule has 1 N–H and O–H groups in total. The summed E-state index contributed by atoms with van der Waals surface area (Å²) >= 11 is 0. The molecule has 20 heavy (non-hydrogen) atoms. The van der Waals surface area contributed by atoms with Gasteiger partial charge in [-0.3, -0.25) is 0 Å². The highest BCUT2D eigenvalue weighted by Crippen LogP contribution is 2.29. The summed E-state index contributed by atoms with van der Waals surface area (Å²) < 4.78 is 0. The molecular formula is C16H22N4. The van der Waals surface area contributed by atoms with Gasteiger partial charge in [-0.05, 0) is 25.5 Å². The fourth-order valence-electron chi connectivity index (χ4n) is 2.25. The van der Waals surface area contributed by atoms with Crippen molar-refractivity contribution in [1.82, 2.24) is 9.97 Å². The monoisotopic (exact) mass is 270 g/mol. The second-order valence-corrected chi connectivity index (χ2v) is 4.76. The molecule has 2 rings (SSSR count). The molecule has 1 aromatic heterocycles. The first-order chi connectivity index (χ1) is 9.77. The van der Waals surface area contributed by atoms with Gasteiger partial charge in [0.05, 0.1) is 0 Å². The Morgan fingerprint density at radius 3 is 2.55 bits per heavy atom. The van der Waals surface area contributed by atoms with Crippen LogP contribution < -0.4 is 10.2 Å². The van der Waals surface area contributed by atoms with Crippen molar-refractivity contribution in [3.63, 3.8) is 0 Å². The molecule has 0 aliphatic heterocycles. The summed E-state index contributed by atoms with van der Waals surface area (Å²) in [6.07, 6.45) is 3.91. The van der Waals surface area contributed by atoms with Crippen molar-refractivity contribution < 1.29 is 0 Å². The second-order valence-electron chi connectivity index (χ2n) is 4.76. The summed E-state index contributed by atoms with van der Waals surface area (Å²) in [4.78, 5) is 11.0. The van der Waals surface area contributed by atoms with Gasteiger partial charge in [-0.2, -0.15) is 0 Å². The van der Waals surface area contributed by atoms with Crippen molar-refractivity contribution in [1.29, 1.82) is 0 Å². The zero-order valence-corrected chi connectivity index (χ0v) is 12.4. The minimum Gasteiger partial charge on any atom is -0.373 e. The summed E-state index contributed by atoms with van der Waals surface area (Å²) in [5.41, 5.74) is 2.25. The summed E-state index contributed by atoms with van der Waals surface area (Å²) in [7, 11) is 1.89. The number of hydrogen-bond donors (Lipinski definition) is 1.